The Morgan fingerprint density at radius 3 is 2.61 bits per heavy atom. The van der Waals surface area contributed by atoms with E-state index in [4.69, 9.17) is 4.42 Å². The van der Waals surface area contributed by atoms with Gasteiger partial charge in [0.25, 0.3) is 0 Å². The average molecular weight is 308 g/mol. The standard InChI is InChI=1S/C18H20N4O/c1-2-4-15(5-3-1)18-7-6-17(23-18)12-21-10-8-16(9-11-21)22-14-19-13-20-22/h1-7,13-14,16H,8-12H2. The summed E-state index contributed by atoms with van der Waals surface area (Å²) in [5, 5.41) is 4.25. The molecule has 1 saturated heterocycles. The minimum absolute atomic E-state index is 0.477. The Bertz CT molecular complexity index is 727. The Morgan fingerprint density at radius 1 is 1.04 bits per heavy atom. The van der Waals surface area contributed by atoms with E-state index < -0.39 is 0 Å². The number of aromatic nitrogens is 3. The smallest absolute Gasteiger partial charge is 0.137 e. The van der Waals surface area contributed by atoms with E-state index in [0.29, 0.717) is 6.04 Å². The molecule has 1 aliphatic rings. The van der Waals surface area contributed by atoms with E-state index in [-0.39, 0.29) is 0 Å². The lowest BCUT2D eigenvalue weighted by Gasteiger charge is -2.31. The first-order valence-corrected chi connectivity index (χ1v) is 8.09. The Kier molecular flexibility index (Phi) is 3.94. The zero-order chi connectivity index (χ0) is 15.5. The molecular formula is C18H20N4O. The third-order valence-corrected chi connectivity index (χ3v) is 4.47. The number of nitrogens with zero attached hydrogens (tertiary/aromatic N) is 4. The van der Waals surface area contributed by atoms with Gasteiger partial charge < -0.3 is 4.42 Å². The van der Waals surface area contributed by atoms with Crippen LogP contribution in [0, 0.1) is 0 Å². The number of furan rings is 1. The zero-order valence-corrected chi connectivity index (χ0v) is 13.0. The van der Waals surface area contributed by atoms with Gasteiger partial charge in [-0.2, -0.15) is 5.10 Å². The number of piperidine rings is 1. The molecule has 3 heterocycles. The highest BCUT2D eigenvalue weighted by Crippen LogP contribution is 2.25. The lowest BCUT2D eigenvalue weighted by atomic mass is 10.1. The summed E-state index contributed by atoms with van der Waals surface area (Å²) in [5.74, 6) is 1.97. The van der Waals surface area contributed by atoms with E-state index in [1.807, 2.05) is 29.2 Å². The van der Waals surface area contributed by atoms with E-state index in [1.165, 1.54) is 0 Å². The second kappa shape index (κ2) is 6.38. The predicted molar refractivity (Wildman–Crippen MR) is 87.7 cm³/mol. The summed E-state index contributed by atoms with van der Waals surface area (Å²) in [7, 11) is 0. The molecule has 1 aliphatic heterocycles. The van der Waals surface area contributed by atoms with Crippen LogP contribution in [0.3, 0.4) is 0 Å². The van der Waals surface area contributed by atoms with Crippen LogP contribution >= 0.6 is 0 Å². The van der Waals surface area contributed by atoms with E-state index >= 15 is 0 Å². The monoisotopic (exact) mass is 308 g/mol. The van der Waals surface area contributed by atoms with Gasteiger partial charge in [-0.25, -0.2) is 9.67 Å². The van der Waals surface area contributed by atoms with Gasteiger partial charge >= 0.3 is 0 Å². The molecule has 118 valence electrons. The zero-order valence-electron chi connectivity index (χ0n) is 13.0. The van der Waals surface area contributed by atoms with Crippen LogP contribution in [0.1, 0.15) is 24.6 Å². The lowest BCUT2D eigenvalue weighted by molar-refractivity contribution is 0.163. The van der Waals surface area contributed by atoms with Crippen molar-refractivity contribution in [3.8, 4) is 11.3 Å². The summed E-state index contributed by atoms with van der Waals surface area (Å²) in [4.78, 5) is 6.48. The Morgan fingerprint density at radius 2 is 1.87 bits per heavy atom. The van der Waals surface area contributed by atoms with Crippen molar-refractivity contribution in [3.05, 3.63) is 60.9 Å². The fourth-order valence-corrected chi connectivity index (χ4v) is 3.19. The Hall–Kier alpha value is -2.40. The van der Waals surface area contributed by atoms with E-state index in [1.54, 1.807) is 6.33 Å². The van der Waals surface area contributed by atoms with E-state index in [9.17, 15) is 0 Å². The molecule has 1 aromatic carbocycles. The molecule has 0 aliphatic carbocycles. The van der Waals surface area contributed by atoms with E-state index in [2.05, 4.69) is 39.2 Å². The van der Waals surface area contributed by atoms with Crippen molar-refractivity contribution in [2.45, 2.75) is 25.4 Å². The topological polar surface area (TPSA) is 47.1 Å². The van der Waals surface area contributed by atoms with Crippen LogP contribution in [0.5, 0.6) is 0 Å². The van der Waals surface area contributed by atoms with Gasteiger partial charge in [-0.15, -0.1) is 0 Å². The predicted octanol–water partition coefficient (Wildman–Crippen LogP) is 3.38. The molecule has 0 unspecified atom stereocenters. The second-order valence-electron chi connectivity index (χ2n) is 6.01. The maximum absolute atomic E-state index is 6.00. The molecule has 5 nitrogen and oxygen atoms in total. The van der Waals surface area contributed by atoms with Crippen LogP contribution < -0.4 is 0 Å². The van der Waals surface area contributed by atoms with Crippen molar-refractivity contribution in [1.82, 2.24) is 19.7 Å². The van der Waals surface area contributed by atoms with Gasteiger partial charge in [-0.1, -0.05) is 30.3 Å². The molecule has 0 radical (unpaired) electrons. The molecule has 0 saturated carbocycles. The summed E-state index contributed by atoms with van der Waals surface area (Å²) in [6.07, 6.45) is 5.64. The highest BCUT2D eigenvalue weighted by atomic mass is 16.3. The van der Waals surface area contributed by atoms with Gasteiger partial charge in [0.05, 0.1) is 12.6 Å². The van der Waals surface area contributed by atoms with Crippen LogP contribution in [-0.4, -0.2) is 32.8 Å². The largest absolute Gasteiger partial charge is 0.460 e. The summed E-state index contributed by atoms with van der Waals surface area (Å²) in [6.45, 7) is 2.99. The van der Waals surface area contributed by atoms with Gasteiger partial charge in [0.2, 0.25) is 0 Å². The van der Waals surface area contributed by atoms with Crippen molar-refractivity contribution < 1.29 is 4.42 Å². The van der Waals surface area contributed by atoms with Crippen LogP contribution in [0.25, 0.3) is 11.3 Å². The lowest BCUT2D eigenvalue weighted by Crippen LogP contribution is -2.34. The molecule has 0 amide bonds. The molecule has 0 N–H and O–H groups in total. The number of likely N-dealkylation sites (tertiary alicyclic amines) is 1. The Balaban J connectivity index is 1.36. The van der Waals surface area contributed by atoms with Crippen molar-refractivity contribution in [3.63, 3.8) is 0 Å². The van der Waals surface area contributed by atoms with Gasteiger partial charge in [0.15, 0.2) is 0 Å². The molecular weight excluding hydrogens is 288 g/mol. The maximum atomic E-state index is 6.00. The molecule has 5 heteroatoms. The molecule has 0 bridgehead atoms. The van der Waals surface area contributed by atoms with Gasteiger partial charge in [0, 0.05) is 18.7 Å². The maximum Gasteiger partial charge on any atom is 0.137 e. The second-order valence-corrected chi connectivity index (χ2v) is 6.01. The van der Waals surface area contributed by atoms with Crippen molar-refractivity contribution in [2.24, 2.45) is 0 Å². The molecule has 2 aromatic heterocycles. The molecule has 3 aromatic rings. The number of hydrogen-bond donors (Lipinski definition) is 0. The van der Waals surface area contributed by atoms with Crippen LogP contribution in [-0.2, 0) is 6.54 Å². The number of rotatable bonds is 4. The van der Waals surface area contributed by atoms with Crippen molar-refractivity contribution >= 4 is 0 Å². The van der Waals surface area contributed by atoms with Gasteiger partial charge in [-0.3, -0.25) is 4.90 Å². The van der Waals surface area contributed by atoms with Crippen LogP contribution in [0.2, 0.25) is 0 Å². The summed E-state index contributed by atoms with van der Waals surface area (Å²) in [6, 6.07) is 14.9. The number of hydrogen-bond acceptors (Lipinski definition) is 4. The first-order valence-electron chi connectivity index (χ1n) is 8.09. The van der Waals surface area contributed by atoms with Crippen LogP contribution in [0.15, 0.2) is 59.5 Å². The minimum Gasteiger partial charge on any atom is -0.460 e. The van der Waals surface area contributed by atoms with Gasteiger partial charge in [0.1, 0.15) is 24.2 Å². The SMILES string of the molecule is c1ccc(-c2ccc(CN3CCC(n4cncn4)CC3)o2)cc1. The minimum atomic E-state index is 0.477. The third kappa shape index (κ3) is 3.19. The highest BCUT2D eigenvalue weighted by molar-refractivity contribution is 5.57. The van der Waals surface area contributed by atoms with Crippen molar-refractivity contribution in [2.75, 3.05) is 13.1 Å². The molecule has 23 heavy (non-hydrogen) atoms. The normalized spacial score (nSPS) is 16.7. The van der Waals surface area contributed by atoms with Crippen LogP contribution in [0.4, 0.5) is 0 Å². The number of benzene rings is 1. The molecule has 1 fully saturated rings. The Labute approximate surface area is 135 Å². The third-order valence-electron chi connectivity index (χ3n) is 4.47. The molecule has 4 rings (SSSR count). The summed E-state index contributed by atoms with van der Waals surface area (Å²) < 4.78 is 7.99. The average Bonchev–Trinajstić information content (AvgIpc) is 3.28. The fraction of sp³-hybridized carbons (Fsp3) is 0.333. The van der Waals surface area contributed by atoms with Crippen molar-refractivity contribution in [1.29, 1.82) is 0 Å². The first kappa shape index (κ1) is 14.2. The highest BCUT2D eigenvalue weighted by Gasteiger charge is 2.21. The first-order chi connectivity index (χ1) is 11.4. The molecule has 0 atom stereocenters. The summed E-state index contributed by atoms with van der Waals surface area (Å²) >= 11 is 0. The molecule has 0 spiro atoms. The summed E-state index contributed by atoms with van der Waals surface area (Å²) in [5.41, 5.74) is 1.13. The van der Waals surface area contributed by atoms with E-state index in [0.717, 1.165) is 49.6 Å². The fourth-order valence-electron chi connectivity index (χ4n) is 3.19. The van der Waals surface area contributed by atoms with Gasteiger partial charge in [-0.05, 0) is 25.0 Å². The quantitative estimate of drug-likeness (QED) is 0.741.